The normalized spacial score (nSPS) is 16.2. The third-order valence-corrected chi connectivity index (χ3v) is 6.70. The summed E-state index contributed by atoms with van der Waals surface area (Å²) in [6, 6.07) is 29.8. The van der Waals surface area contributed by atoms with Crippen molar-refractivity contribution in [2.24, 2.45) is 0 Å². The van der Waals surface area contributed by atoms with E-state index in [0.717, 1.165) is 11.1 Å². The van der Waals surface area contributed by atoms with Gasteiger partial charge in [-0.15, -0.1) is 0 Å². The van der Waals surface area contributed by atoms with Gasteiger partial charge in [0, 0.05) is 16.9 Å². The van der Waals surface area contributed by atoms with Crippen LogP contribution in [0, 0.1) is 6.92 Å². The van der Waals surface area contributed by atoms with Gasteiger partial charge in [0.25, 0.3) is 11.8 Å². The van der Waals surface area contributed by atoms with E-state index in [0.29, 0.717) is 28.3 Å². The van der Waals surface area contributed by atoms with E-state index in [-0.39, 0.29) is 18.4 Å². The molecule has 0 saturated carbocycles. The molecule has 4 aromatic rings. The van der Waals surface area contributed by atoms with Crippen LogP contribution in [0.1, 0.15) is 33.2 Å². The highest BCUT2D eigenvalue weighted by Gasteiger charge is 2.47. The smallest absolute Gasteiger partial charge is 0.411 e. The first-order chi connectivity index (χ1) is 19.4. The summed E-state index contributed by atoms with van der Waals surface area (Å²) in [5.74, 6) is -0.0611. The molecule has 2 atom stereocenters. The van der Waals surface area contributed by atoms with Crippen molar-refractivity contribution in [2.45, 2.75) is 25.6 Å². The van der Waals surface area contributed by atoms with Gasteiger partial charge in [0.15, 0.2) is 12.1 Å². The average Bonchev–Trinajstić information content (AvgIpc) is 3.30. The lowest BCUT2D eigenvalue weighted by molar-refractivity contribution is -0.121. The van der Waals surface area contributed by atoms with Crippen molar-refractivity contribution >= 4 is 29.3 Å². The molecule has 5 rings (SSSR count). The number of carbonyl (C=O) groups is 3. The zero-order valence-corrected chi connectivity index (χ0v) is 22.2. The summed E-state index contributed by atoms with van der Waals surface area (Å²) in [6.45, 7) is 2.21. The zero-order chi connectivity index (χ0) is 28.1. The zero-order valence-electron chi connectivity index (χ0n) is 22.2. The minimum Gasteiger partial charge on any atom is -0.497 e. The monoisotopic (exact) mass is 535 g/mol. The van der Waals surface area contributed by atoms with E-state index in [1.165, 1.54) is 4.90 Å². The number of hydrogen-bond donors (Lipinski definition) is 2. The first kappa shape index (κ1) is 26.5. The van der Waals surface area contributed by atoms with E-state index in [4.69, 9.17) is 9.47 Å². The molecule has 2 N–H and O–H groups in total. The average molecular weight is 536 g/mol. The molecular weight excluding hydrogens is 506 g/mol. The molecule has 0 radical (unpaired) electrons. The van der Waals surface area contributed by atoms with Gasteiger partial charge in [0.1, 0.15) is 5.75 Å². The van der Waals surface area contributed by atoms with Crippen LogP contribution in [0.15, 0.2) is 103 Å². The van der Waals surface area contributed by atoms with Gasteiger partial charge in [-0.25, -0.2) is 4.79 Å². The molecule has 8 nitrogen and oxygen atoms in total. The molecule has 0 unspecified atom stereocenters. The Morgan fingerprint density at radius 1 is 0.850 bits per heavy atom. The number of nitrogens with one attached hydrogen (secondary N) is 2. The maximum Gasteiger partial charge on any atom is 0.411 e. The molecule has 3 amide bonds. The largest absolute Gasteiger partial charge is 0.497 e. The van der Waals surface area contributed by atoms with Crippen LogP contribution in [0.25, 0.3) is 0 Å². The second-order valence-corrected chi connectivity index (χ2v) is 9.53. The van der Waals surface area contributed by atoms with Crippen LogP contribution in [0.3, 0.4) is 0 Å². The third-order valence-electron chi connectivity index (χ3n) is 6.70. The van der Waals surface area contributed by atoms with Crippen LogP contribution in [-0.4, -0.2) is 36.0 Å². The molecule has 1 saturated heterocycles. The highest BCUT2D eigenvalue weighted by Crippen LogP contribution is 2.35. The molecule has 8 heteroatoms. The molecule has 0 spiro atoms. The lowest BCUT2D eigenvalue weighted by Gasteiger charge is -2.24. The highest BCUT2D eigenvalue weighted by atomic mass is 16.6. The molecule has 1 fully saturated rings. The molecule has 40 heavy (non-hydrogen) atoms. The van der Waals surface area contributed by atoms with Crippen molar-refractivity contribution in [3.63, 3.8) is 0 Å². The third kappa shape index (κ3) is 5.96. The van der Waals surface area contributed by atoms with Crippen LogP contribution in [0.5, 0.6) is 5.75 Å². The molecule has 1 aliphatic heterocycles. The number of cyclic esters (lactones) is 1. The fourth-order valence-electron chi connectivity index (χ4n) is 4.56. The van der Waals surface area contributed by atoms with Crippen LogP contribution < -0.4 is 15.4 Å². The minimum absolute atomic E-state index is 0.219. The number of methoxy groups -OCH3 is 1. The van der Waals surface area contributed by atoms with Gasteiger partial charge in [-0.05, 0) is 60.5 Å². The standard InChI is InChI=1S/C32H29N3O5/c1-21-11-13-22(14-12-21)20-35-28(31(37)34-25-8-4-3-5-9-25)29(40-32(35)38)23-15-17-26(18-16-23)33-30(36)24-7-6-10-27(19-24)39-2/h3-19,28-29H,20H2,1-2H3,(H,33,36)(H,34,37)/t28-,29+/m0/s1. The van der Waals surface area contributed by atoms with Crippen molar-refractivity contribution in [1.82, 2.24) is 4.90 Å². The van der Waals surface area contributed by atoms with Gasteiger partial charge >= 0.3 is 6.09 Å². The van der Waals surface area contributed by atoms with Gasteiger partial charge in [-0.2, -0.15) is 0 Å². The fourth-order valence-corrected chi connectivity index (χ4v) is 4.56. The summed E-state index contributed by atoms with van der Waals surface area (Å²) in [5.41, 5.74) is 4.25. The van der Waals surface area contributed by atoms with Gasteiger partial charge in [-0.3, -0.25) is 14.5 Å². The van der Waals surface area contributed by atoms with Crippen molar-refractivity contribution in [2.75, 3.05) is 17.7 Å². The molecule has 0 aromatic heterocycles. The Kier molecular flexibility index (Phi) is 7.77. The van der Waals surface area contributed by atoms with Crippen LogP contribution in [0.2, 0.25) is 0 Å². The Balaban J connectivity index is 1.38. The summed E-state index contributed by atoms with van der Waals surface area (Å²) >= 11 is 0. The van der Waals surface area contributed by atoms with E-state index in [2.05, 4.69) is 10.6 Å². The van der Waals surface area contributed by atoms with Crippen LogP contribution in [-0.2, 0) is 16.1 Å². The molecule has 4 aromatic carbocycles. The molecule has 0 aliphatic carbocycles. The Labute approximate surface area is 232 Å². The highest BCUT2D eigenvalue weighted by molar-refractivity contribution is 6.04. The Morgan fingerprint density at radius 3 is 2.25 bits per heavy atom. The van der Waals surface area contributed by atoms with Gasteiger partial charge in [0.2, 0.25) is 0 Å². The Morgan fingerprint density at radius 2 is 1.55 bits per heavy atom. The first-order valence-electron chi connectivity index (χ1n) is 12.9. The van der Waals surface area contributed by atoms with Gasteiger partial charge < -0.3 is 20.1 Å². The number of para-hydroxylation sites is 1. The fraction of sp³-hybridized carbons (Fsp3) is 0.156. The molecule has 1 heterocycles. The number of amides is 3. The summed E-state index contributed by atoms with van der Waals surface area (Å²) < 4.78 is 11.0. The number of rotatable bonds is 8. The Hall–Kier alpha value is -5.11. The molecule has 1 aliphatic rings. The van der Waals surface area contributed by atoms with E-state index in [1.54, 1.807) is 67.8 Å². The molecular formula is C32H29N3O5. The van der Waals surface area contributed by atoms with Crippen molar-refractivity contribution in [3.8, 4) is 5.75 Å². The lowest BCUT2D eigenvalue weighted by atomic mass is 10.00. The van der Waals surface area contributed by atoms with Crippen molar-refractivity contribution < 1.29 is 23.9 Å². The summed E-state index contributed by atoms with van der Waals surface area (Å²) in [6.07, 6.45) is -1.42. The van der Waals surface area contributed by atoms with Gasteiger partial charge in [0.05, 0.1) is 13.7 Å². The molecule has 0 bridgehead atoms. The summed E-state index contributed by atoms with van der Waals surface area (Å²) in [4.78, 5) is 40.8. The van der Waals surface area contributed by atoms with Crippen LogP contribution >= 0.6 is 0 Å². The number of hydrogen-bond acceptors (Lipinski definition) is 5. The van der Waals surface area contributed by atoms with E-state index in [1.807, 2.05) is 49.4 Å². The summed E-state index contributed by atoms with van der Waals surface area (Å²) in [7, 11) is 1.54. The lowest BCUT2D eigenvalue weighted by Crippen LogP contribution is -2.43. The van der Waals surface area contributed by atoms with E-state index >= 15 is 0 Å². The number of benzene rings is 4. The predicted molar refractivity (Wildman–Crippen MR) is 152 cm³/mol. The number of carbonyl (C=O) groups excluding carboxylic acids is 3. The van der Waals surface area contributed by atoms with E-state index < -0.39 is 18.2 Å². The maximum atomic E-state index is 13.6. The van der Waals surface area contributed by atoms with E-state index in [9.17, 15) is 14.4 Å². The quantitative estimate of drug-likeness (QED) is 0.290. The van der Waals surface area contributed by atoms with Gasteiger partial charge in [-0.1, -0.05) is 66.2 Å². The number of aryl methyl sites for hydroxylation is 1. The number of nitrogens with zero attached hydrogens (tertiary/aromatic N) is 1. The first-order valence-corrected chi connectivity index (χ1v) is 12.9. The topological polar surface area (TPSA) is 97.0 Å². The number of ether oxygens (including phenoxy) is 2. The predicted octanol–water partition coefficient (Wildman–Crippen LogP) is 5.96. The van der Waals surface area contributed by atoms with Crippen molar-refractivity contribution in [1.29, 1.82) is 0 Å². The number of anilines is 2. The summed E-state index contributed by atoms with van der Waals surface area (Å²) in [5, 5.41) is 5.77. The second-order valence-electron chi connectivity index (χ2n) is 9.53. The second kappa shape index (κ2) is 11.7. The maximum absolute atomic E-state index is 13.6. The Bertz CT molecular complexity index is 1500. The van der Waals surface area contributed by atoms with Crippen LogP contribution in [0.4, 0.5) is 16.2 Å². The molecule has 202 valence electrons. The SMILES string of the molecule is COc1cccc(C(=O)Nc2ccc([C@H]3OC(=O)N(Cc4ccc(C)cc4)[C@@H]3C(=O)Nc3ccccc3)cc2)c1. The van der Waals surface area contributed by atoms with Crippen molar-refractivity contribution in [3.05, 3.63) is 125 Å². The minimum atomic E-state index is -0.911.